The Morgan fingerprint density at radius 3 is 2.27 bits per heavy atom. The Labute approximate surface area is 179 Å². The minimum atomic E-state index is 0.798. The minimum Gasteiger partial charge on any atom is -0.353 e. The highest BCUT2D eigenvalue weighted by atomic mass is 15.4. The molecule has 2 aromatic heterocycles. The zero-order valence-electron chi connectivity index (χ0n) is 18.6. The average molecular weight is 413 g/mol. The Bertz CT molecular complexity index is 842. The summed E-state index contributed by atoms with van der Waals surface area (Å²) >= 11 is 0. The maximum absolute atomic E-state index is 5.10. The van der Waals surface area contributed by atoms with Gasteiger partial charge in [0.2, 0.25) is 5.95 Å². The lowest BCUT2D eigenvalue weighted by Gasteiger charge is -2.41. The van der Waals surface area contributed by atoms with Gasteiger partial charge in [-0.1, -0.05) is 26.2 Å². The second-order valence-electron chi connectivity index (χ2n) is 9.09. The van der Waals surface area contributed by atoms with Crippen molar-refractivity contribution in [2.45, 2.75) is 45.1 Å². The Morgan fingerprint density at radius 1 is 0.867 bits per heavy atom. The Kier molecular flexibility index (Phi) is 5.78. The van der Waals surface area contributed by atoms with Crippen LogP contribution in [0.2, 0.25) is 0 Å². The van der Waals surface area contributed by atoms with E-state index in [1.54, 1.807) is 0 Å². The molecule has 0 bridgehead atoms. The third kappa shape index (κ3) is 3.87. The fraction of sp³-hybridized carbons (Fsp3) is 0.773. The molecule has 3 aliphatic rings. The molecule has 3 fully saturated rings. The van der Waals surface area contributed by atoms with Crippen LogP contribution in [0, 0.1) is 0 Å². The van der Waals surface area contributed by atoms with Crippen molar-refractivity contribution in [3.8, 4) is 0 Å². The average Bonchev–Trinajstić information content (AvgIpc) is 3.20. The molecule has 30 heavy (non-hydrogen) atoms. The van der Waals surface area contributed by atoms with Crippen molar-refractivity contribution in [1.29, 1.82) is 0 Å². The zero-order chi connectivity index (χ0) is 20.5. The predicted molar refractivity (Wildman–Crippen MR) is 121 cm³/mol. The number of aryl methyl sites for hydroxylation is 1. The summed E-state index contributed by atoms with van der Waals surface area (Å²) in [6.07, 6.45) is 8.92. The van der Waals surface area contributed by atoms with Crippen molar-refractivity contribution < 1.29 is 0 Å². The van der Waals surface area contributed by atoms with Crippen molar-refractivity contribution >= 4 is 22.8 Å². The largest absolute Gasteiger partial charge is 0.353 e. The first-order valence-corrected chi connectivity index (χ1v) is 11.9. The summed E-state index contributed by atoms with van der Waals surface area (Å²) in [5.74, 6) is 1.94. The summed E-state index contributed by atoms with van der Waals surface area (Å²) in [6.45, 7) is 11.9. The SMILES string of the molecule is CCN1CCN(c2nc(N3CCN(C4CCCCC4)CC3)nc3c2cnn3C)CC1. The fourth-order valence-electron chi connectivity index (χ4n) is 5.39. The summed E-state index contributed by atoms with van der Waals surface area (Å²) in [5.41, 5.74) is 0.947. The summed E-state index contributed by atoms with van der Waals surface area (Å²) in [7, 11) is 1.99. The molecule has 1 saturated carbocycles. The third-order valence-corrected chi connectivity index (χ3v) is 7.37. The molecule has 2 aromatic rings. The number of hydrogen-bond donors (Lipinski definition) is 0. The lowest BCUT2D eigenvalue weighted by molar-refractivity contribution is 0.147. The molecule has 2 saturated heterocycles. The highest BCUT2D eigenvalue weighted by Gasteiger charge is 2.28. The number of fused-ring (bicyclic) bond motifs is 1. The van der Waals surface area contributed by atoms with Crippen LogP contribution in [0.1, 0.15) is 39.0 Å². The number of likely N-dealkylation sites (N-methyl/N-ethyl adjacent to an activating group) is 1. The molecule has 0 atom stereocenters. The highest BCUT2D eigenvalue weighted by molar-refractivity contribution is 5.88. The van der Waals surface area contributed by atoms with E-state index >= 15 is 0 Å². The Balaban J connectivity index is 1.35. The number of hydrogen-bond acceptors (Lipinski definition) is 7. The van der Waals surface area contributed by atoms with E-state index in [4.69, 9.17) is 9.97 Å². The van der Waals surface area contributed by atoms with E-state index in [0.717, 1.165) is 87.7 Å². The van der Waals surface area contributed by atoms with Gasteiger partial charge >= 0.3 is 0 Å². The van der Waals surface area contributed by atoms with Crippen LogP contribution in [0.5, 0.6) is 0 Å². The van der Waals surface area contributed by atoms with Crippen LogP contribution in [0.15, 0.2) is 6.20 Å². The number of aromatic nitrogens is 4. The van der Waals surface area contributed by atoms with Crippen LogP contribution >= 0.6 is 0 Å². The monoisotopic (exact) mass is 412 g/mol. The van der Waals surface area contributed by atoms with Crippen molar-refractivity contribution in [2.75, 3.05) is 68.7 Å². The van der Waals surface area contributed by atoms with Crippen LogP contribution in [0.4, 0.5) is 11.8 Å². The fourth-order valence-corrected chi connectivity index (χ4v) is 5.39. The molecule has 8 nitrogen and oxygen atoms in total. The molecule has 0 spiro atoms. The van der Waals surface area contributed by atoms with Gasteiger partial charge in [-0.05, 0) is 19.4 Å². The van der Waals surface area contributed by atoms with E-state index < -0.39 is 0 Å². The maximum atomic E-state index is 5.10. The van der Waals surface area contributed by atoms with E-state index in [1.807, 2.05) is 17.9 Å². The van der Waals surface area contributed by atoms with E-state index in [9.17, 15) is 0 Å². The Hall–Kier alpha value is -1.93. The zero-order valence-corrected chi connectivity index (χ0v) is 18.6. The molecular formula is C22H36N8. The summed E-state index contributed by atoms with van der Waals surface area (Å²) < 4.78 is 1.89. The number of nitrogens with zero attached hydrogens (tertiary/aromatic N) is 8. The van der Waals surface area contributed by atoms with Crippen LogP contribution in [-0.2, 0) is 7.05 Å². The lowest BCUT2D eigenvalue weighted by Crippen LogP contribution is -2.51. The van der Waals surface area contributed by atoms with Gasteiger partial charge in [-0.2, -0.15) is 15.1 Å². The van der Waals surface area contributed by atoms with E-state index in [-0.39, 0.29) is 0 Å². The first-order chi connectivity index (χ1) is 14.7. The van der Waals surface area contributed by atoms with Crippen LogP contribution in [0.3, 0.4) is 0 Å². The van der Waals surface area contributed by atoms with Gasteiger partial charge in [0, 0.05) is 65.4 Å². The van der Waals surface area contributed by atoms with Crippen LogP contribution in [-0.4, -0.2) is 94.5 Å². The van der Waals surface area contributed by atoms with Gasteiger partial charge in [-0.25, -0.2) is 0 Å². The van der Waals surface area contributed by atoms with Gasteiger partial charge in [0.15, 0.2) is 5.65 Å². The van der Waals surface area contributed by atoms with Crippen molar-refractivity contribution in [3.63, 3.8) is 0 Å². The van der Waals surface area contributed by atoms with E-state index in [0.29, 0.717) is 0 Å². The standard InChI is InChI=1S/C22H36N8/c1-3-27-9-11-29(12-10-27)21-19-17-23-26(2)20(19)24-22(25-21)30-15-13-28(14-16-30)18-7-5-4-6-8-18/h17-18H,3-16H2,1-2H3. The topological polar surface area (TPSA) is 56.6 Å². The molecule has 164 valence electrons. The van der Waals surface area contributed by atoms with Gasteiger partial charge in [0.1, 0.15) is 5.82 Å². The van der Waals surface area contributed by atoms with Crippen molar-refractivity contribution in [3.05, 3.63) is 6.20 Å². The second-order valence-corrected chi connectivity index (χ2v) is 9.09. The minimum absolute atomic E-state index is 0.798. The quantitative estimate of drug-likeness (QED) is 0.761. The third-order valence-electron chi connectivity index (χ3n) is 7.37. The van der Waals surface area contributed by atoms with Gasteiger partial charge < -0.3 is 14.7 Å². The van der Waals surface area contributed by atoms with Gasteiger partial charge in [0.25, 0.3) is 0 Å². The smallest absolute Gasteiger partial charge is 0.229 e. The summed E-state index contributed by atoms with van der Waals surface area (Å²) in [4.78, 5) is 20.1. The molecule has 2 aliphatic heterocycles. The molecule has 0 radical (unpaired) electrons. The number of piperazine rings is 2. The van der Waals surface area contributed by atoms with Crippen LogP contribution in [0.25, 0.3) is 11.0 Å². The van der Waals surface area contributed by atoms with Crippen LogP contribution < -0.4 is 9.80 Å². The number of rotatable bonds is 4. The number of anilines is 2. The predicted octanol–water partition coefficient (Wildman–Crippen LogP) is 1.96. The molecule has 8 heteroatoms. The molecule has 0 aromatic carbocycles. The van der Waals surface area contributed by atoms with Gasteiger partial charge in [-0.3, -0.25) is 9.58 Å². The summed E-state index contributed by atoms with van der Waals surface area (Å²) in [5, 5.41) is 5.57. The van der Waals surface area contributed by atoms with Crippen molar-refractivity contribution in [2.24, 2.45) is 7.05 Å². The van der Waals surface area contributed by atoms with Crippen molar-refractivity contribution in [1.82, 2.24) is 29.5 Å². The van der Waals surface area contributed by atoms with Gasteiger partial charge in [-0.15, -0.1) is 0 Å². The van der Waals surface area contributed by atoms with E-state index in [1.165, 1.54) is 32.1 Å². The molecule has 0 N–H and O–H groups in total. The first-order valence-electron chi connectivity index (χ1n) is 11.9. The molecule has 0 unspecified atom stereocenters. The molecule has 5 rings (SSSR count). The molecule has 0 amide bonds. The van der Waals surface area contributed by atoms with Gasteiger partial charge in [0.05, 0.1) is 11.6 Å². The van der Waals surface area contributed by atoms with E-state index in [2.05, 4.69) is 31.6 Å². The second kappa shape index (κ2) is 8.67. The lowest BCUT2D eigenvalue weighted by atomic mass is 9.94. The molecule has 1 aliphatic carbocycles. The molecule has 4 heterocycles. The highest BCUT2D eigenvalue weighted by Crippen LogP contribution is 2.29. The molecular weight excluding hydrogens is 376 g/mol. The normalized spacial score (nSPS) is 22.9. The maximum Gasteiger partial charge on any atom is 0.229 e. The first kappa shape index (κ1) is 20.0. The summed E-state index contributed by atoms with van der Waals surface area (Å²) in [6, 6.07) is 0.798. The Morgan fingerprint density at radius 2 is 1.57 bits per heavy atom.